The second kappa shape index (κ2) is 4.09. The summed E-state index contributed by atoms with van der Waals surface area (Å²) in [6, 6.07) is 0. The zero-order valence-electron chi connectivity index (χ0n) is 7.15. The van der Waals surface area contributed by atoms with Crippen LogP contribution in [0.5, 0.6) is 0 Å². The van der Waals surface area contributed by atoms with Gasteiger partial charge in [-0.15, -0.1) is 5.10 Å². The molecule has 0 atom stereocenters. The van der Waals surface area contributed by atoms with E-state index in [-0.39, 0.29) is 10.9 Å². The summed E-state index contributed by atoms with van der Waals surface area (Å²) in [7, 11) is 0. The maximum Gasteiger partial charge on any atom is 0.433 e. The standard InChI is InChI=1S/C6H6F4N4S/c7-4-2(1-15-5(11)12)3(13-14-4)6(8,9)10/h1H2,(H3,11,12)(H,13,14). The fourth-order valence-electron chi connectivity index (χ4n) is 0.859. The number of H-pyrrole nitrogens is 1. The van der Waals surface area contributed by atoms with Gasteiger partial charge in [-0.25, -0.2) is 0 Å². The second-order valence-electron chi connectivity index (χ2n) is 2.52. The molecular formula is C6H6F4N4S. The molecule has 84 valence electrons. The summed E-state index contributed by atoms with van der Waals surface area (Å²) in [4.78, 5) is 0. The number of halogens is 4. The quantitative estimate of drug-likeness (QED) is 0.419. The average Bonchev–Trinajstić information content (AvgIpc) is 2.42. The van der Waals surface area contributed by atoms with Crippen LogP contribution < -0.4 is 5.73 Å². The summed E-state index contributed by atoms with van der Waals surface area (Å²) >= 11 is 0.595. The Morgan fingerprint density at radius 3 is 2.60 bits per heavy atom. The molecule has 0 bridgehead atoms. The summed E-state index contributed by atoms with van der Waals surface area (Å²) in [5.74, 6) is -1.61. The van der Waals surface area contributed by atoms with Gasteiger partial charge >= 0.3 is 6.18 Å². The van der Waals surface area contributed by atoms with Crippen LogP contribution in [0.3, 0.4) is 0 Å². The summed E-state index contributed by atoms with van der Waals surface area (Å²) in [6.07, 6.45) is -4.69. The minimum atomic E-state index is -4.69. The van der Waals surface area contributed by atoms with Gasteiger partial charge in [0.2, 0.25) is 5.95 Å². The van der Waals surface area contributed by atoms with E-state index in [1.165, 1.54) is 0 Å². The normalized spacial score (nSPS) is 11.7. The van der Waals surface area contributed by atoms with E-state index in [4.69, 9.17) is 11.1 Å². The molecule has 1 aromatic heterocycles. The SMILES string of the molecule is N=C(N)SCc1c(F)n[nH]c1C(F)(F)F. The molecule has 0 radical (unpaired) electrons. The molecule has 0 aromatic carbocycles. The number of hydrogen-bond acceptors (Lipinski definition) is 3. The lowest BCUT2D eigenvalue weighted by molar-refractivity contribution is -0.141. The zero-order valence-corrected chi connectivity index (χ0v) is 7.97. The molecular weight excluding hydrogens is 236 g/mol. The van der Waals surface area contributed by atoms with Crippen molar-refractivity contribution in [1.82, 2.24) is 10.2 Å². The Labute approximate surface area is 85.7 Å². The largest absolute Gasteiger partial charge is 0.433 e. The van der Waals surface area contributed by atoms with Crippen LogP contribution in [0.1, 0.15) is 11.3 Å². The first-order valence-electron chi connectivity index (χ1n) is 3.59. The van der Waals surface area contributed by atoms with E-state index in [1.54, 1.807) is 5.10 Å². The maximum absolute atomic E-state index is 12.8. The first-order valence-corrected chi connectivity index (χ1v) is 4.57. The van der Waals surface area contributed by atoms with Crippen molar-refractivity contribution in [3.63, 3.8) is 0 Å². The Morgan fingerprint density at radius 2 is 2.13 bits per heavy atom. The fraction of sp³-hybridized carbons (Fsp3) is 0.333. The van der Waals surface area contributed by atoms with Gasteiger partial charge in [0.05, 0.1) is 0 Å². The Hall–Kier alpha value is -1.25. The van der Waals surface area contributed by atoms with Crippen LogP contribution in [-0.2, 0) is 11.9 Å². The van der Waals surface area contributed by atoms with E-state index in [2.05, 4.69) is 5.10 Å². The van der Waals surface area contributed by atoms with E-state index in [9.17, 15) is 17.6 Å². The van der Waals surface area contributed by atoms with E-state index in [0.717, 1.165) is 0 Å². The van der Waals surface area contributed by atoms with Crippen LogP contribution in [0.2, 0.25) is 0 Å². The van der Waals surface area contributed by atoms with Crippen LogP contribution in [0.4, 0.5) is 17.6 Å². The lowest BCUT2D eigenvalue weighted by Crippen LogP contribution is -2.10. The van der Waals surface area contributed by atoms with Gasteiger partial charge in [-0.2, -0.15) is 17.6 Å². The number of amidine groups is 1. The van der Waals surface area contributed by atoms with Crippen LogP contribution >= 0.6 is 11.8 Å². The Morgan fingerprint density at radius 1 is 1.53 bits per heavy atom. The van der Waals surface area contributed by atoms with Gasteiger partial charge in [-0.3, -0.25) is 10.5 Å². The third kappa shape index (κ3) is 2.85. The lowest BCUT2D eigenvalue weighted by atomic mass is 10.2. The molecule has 9 heteroatoms. The molecule has 0 saturated heterocycles. The number of thioether (sulfide) groups is 1. The number of aromatic amines is 1. The first-order chi connectivity index (χ1) is 6.82. The van der Waals surface area contributed by atoms with Gasteiger partial charge in [0.15, 0.2) is 5.17 Å². The highest BCUT2D eigenvalue weighted by Crippen LogP contribution is 2.32. The Kier molecular flexibility index (Phi) is 3.22. The number of hydrogen-bond donors (Lipinski definition) is 3. The van der Waals surface area contributed by atoms with Crippen LogP contribution in [0, 0.1) is 11.4 Å². The lowest BCUT2D eigenvalue weighted by Gasteiger charge is -2.05. The van der Waals surface area contributed by atoms with Gasteiger partial charge in [0.25, 0.3) is 0 Å². The average molecular weight is 242 g/mol. The highest BCUT2D eigenvalue weighted by atomic mass is 32.2. The highest BCUT2D eigenvalue weighted by Gasteiger charge is 2.37. The highest BCUT2D eigenvalue weighted by molar-refractivity contribution is 8.13. The van der Waals surface area contributed by atoms with Crippen molar-refractivity contribution in [2.75, 3.05) is 0 Å². The predicted octanol–water partition coefficient (Wildman–Crippen LogP) is 1.69. The molecule has 1 heterocycles. The van der Waals surface area contributed by atoms with E-state index >= 15 is 0 Å². The van der Waals surface area contributed by atoms with E-state index in [1.807, 2.05) is 0 Å². The van der Waals surface area contributed by atoms with Crippen molar-refractivity contribution >= 4 is 16.9 Å². The van der Waals surface area contributed by atoms with Crippen molar-refractivity contribution in [2.24, 2.45) is 5.73 Å². The van der Waals surface area contributed by atoms with Crippen molar-refractivity contribution in [1.29, 1.82) is 5.41 Å². The molecule has 0 aliphatic heterocycles. The fourth-order valence-corrected chi connectivity index (χ4v) is 1.42. The number of nitrogens with one attached hydrogen (secondary N) is 2. The van der Waals surface area contributed by atoms with Crippen molar-refractivity contribution < 1.29 is 17.6 Å². The molecule has 0 aliphatic carbocycles. The Balaban J connectivity index is 2.95. The molecule has 0 unspecified atom stereocenters. The smallest absolute Gasteiger partial charge is 0.379 e. The van der Waals surface area contributed by atoms with Crippen molar-refractivity contribution in [2.45, 2.75) is 11.9 Å². The number of rotatable bonds is 2. The van der Waals surface area contributed by atoms with E-state index < -0.39 is 23.4 Å². The first kappa shape index (κ1) is 11.8. The number of alkyl halides is 3. The maximum atomic E-state index is 12.8. The van der Waals surface area contributed by atoms with Gasteiger partial charge < -0.3 is 5.73 Å². The van der Waals surface area contributed by atoms with Crippen LogP contribution in [0.25, 0.3) is 0 Å². The molecule has 0 amide bonds. The van der Waals surface area contributed by atoms with Crippen molar-refractivity contribution in [3.8, 4) is 0 Å². The molecule has 0 spiro atoms. The summed E-state index contributed by atoms with van der Waals surface area (Å²) in [6.45, 7) is 0. The molecule has 15 heavy (non-hydrogen) atoms. The number of nitrogens with zero attached hydrogens (tertiary/aromatic N) is 1. The predicted molar refractivity (Wildman–Crippen MR) is 46.8 cm³/mol. The summed E-state index contributed by atoms with van der Waals surface area (Å²) < 4.78 is 49.6. The molecule has 0 fully saturated rings. The Bertz CT molecular complexity index is 372. The van der Waals surface area contributed by atoms with Crippen molar-refractivity contribution in [3.05, 3.63) is 17.2 Å². The molecule has 0 aliphatic rings. The molecule has 1 aromatic rings. The zero-order chi connectivity index (χ0) is 11.6. The van der Waals surface area contributed by atoms with Crippen LogP contribution in [0.15, 0.2) is 0 Å². The van der Waals surface area contributed by atoms with Crippen LogP contribution in [-0.4, -0.2) is 15.4 Å². The third-order valence-corrected chi connectivity index (χ3v) is 2.22. The third-order valence-electron chi connectivity index (χ3n) is 1.47. The van der Waals surface area contributed by atoms with Gasteiger partial charge in [-0.1, -0.05) is 11.8 Å². The van der Waals surface area contributed by atoms with Gasteiger partial charge in [0.1, 0.15) is 5.69 Å². The number of aromatic nitrogens is 2. The van der Waals surface area contributed by atoms with E-state index in [0.29, 0.717) is 11.8 Å². The monoisotopic (exact) mass is 242 g/mol. The number of nitrogens with two attached hydrogens (primary N) is 1. The summed E-state index contributed by atoms with van der Waals surface area (Å²) in [5.41, 5.74) is 3.07. The molecule has 4 N–H and O–H groups in total. The topological polar surface area (TPSA) is 78.6 Å². The summed E-state index contributed by atoms with van der Waals surface area (Å²) in [5, 5.41) is 10.8. The van der Waals surface area contributed by atoms with Gasteiger partial charge in [-0.05, 0) is 0 Å². The minimum absolute atomic E-state index is 0.382. The minimum Gasteiger partial charge on any atom is -0.379 e. The molecule has 4 nitrogen and oxygen atoms in total. The molecule has 1 rings (SSSR count). The second-order valence-corrected chi connectivity index (χ2v) is 3.54. The van der Waals surface area contributed by atoms with Gasteiger partial charge in [0, 0.05) is 11.3 Å². The molecule has 0 saturated carbocycles.